The van der Waals surface area contributed by atoms with Gasteiger partial charge in [-0.25, -0.2) is 0 Å². The Hall–Kier alpha value is -2.34. The molecule has 0 bridgehead atoms. The molecule has 0 aliphatic carbocycles. The molecule has 128 valence electrons. The standard InChI is InChI=1S/C18H22N2O4/c1-12(16-11-14-5-3-4-6-15(14)24-16)17(21)19-13(2)18(22)20-7-9-23-10-8-20/h3-6,11-13H,7-10H2,1-2H3,(H,19,21)/t12-,13+/m1/s1. The molecule has 0 radical (unpaired) electrons. The monoisotopic (exact) mass is 330 g/mol. The highest BCUT2D eigenvalue weighted by Crippen LogP contribution is 2.25. The number of rotatable bonds is 4. The van der Waals surface area contributed by atoms with Crippen LogP contribution in [0.25, 0.3) is 11.0 Å². The lowest BCUT2D eigenvalue weighted by Gasteiger charge is -2.29. The van der Waals surface area contributed by atoms with Gasteiger partial charge >= 0.3 is 0 Å². The highest BCUT2D eigenvalue weighted by molar-refractivity contribution is 5.90. The summed E-state index contributed by atoms with van der Waals surface area (Å²) in [6.07, 6.45) is 0. The minimum absolute atomic E-state index is 0.0801. The van der Waals surface area contributed by atoms with Gasteiger partial charge in [0.15, 0.2) is 0 Å². The summed E-state index contributed by atoms with van der Waals surface area (Å²) >= 11 is 0. The molecule has 0 spiro atoms. The summed E-state index contributed by atoms with van der Waals surface area (Å²) in [6, 6.07) is 8.93. The van der Waals surface area contributed by atoms with Gasteiger partial charge < -0.3 is 19.4 Å². The lowest BCUT2D eigenvalue weighted by Crippen LogP contribution is -2.51. The Labute approximate surface area is 140 Å². The first-order chi connectivity index (χ1) is 11.6. The number of nitrogens with one attached hydrogen (secondary N) is 1. The van der Waals surface area contributed by atoms with Crippen molar-refractivity contribution in [3.63, 3.8) is 0 Å². The Balaban J connectivity index is 1.63. The third kappa shape index (κ3) is 3.43. The number of benzene rings is 1. The maximum Gasteiger partial charge on any atom is 0.245 e. The van der Waals surface area contributed by atoms with Crippen LogP contribution in [0.4, 0.5) is 0 Å². The van der Waals surface area contributed by atoms with E-state index < -0.39 is 12.0 Å². The molecule has 2 amide bonds. The van der Waals surface area contributed by atoms with Crippen molar-refractivity contribution in [3.05, 3.63) is 36.1 Å². The molecule has 1 N–H and O–H groups in total. The molecule has 2 atom stereocenters. The van der Waals surface area contributed by atoms with Gasteiger partial charge in [0.25, 0.3) is 0 Å². The third-order valence-electron chi connectivity index (χ3n) is 4.32. The number of furan rings is 1. The molecule has 1 fully saturated rings. The average Bonchev–Trinajstić information content (AvgIpc) is 3.05. The van der Waals surface area contributed by atoms with Gasteiger partial charge in [-0.2, -0.15) is 0 Å². The first-order valence-corrected chi connectivity index (χ1v) is 8.21. The van der Waals surface area contributed by atoms with E-state index in [-0.39, 0.29) is 11.8 Å². The number of carbonyl (C=O) groups is 2. The summed E-state index contributed by atoms with van der Waals surface area (Å²) < 4.78 is 11.0. The van der Waals surface area contributed by atoms with Gasteiger partial charge in [-0.15, -0.1) is 0 Å². The smallest absolute Gasteiger partial charge is 0.245 e. The van der Waals surface area contributed by atoms with Crippen LogP contribution < -0.4 is 5.32 Å². The van der Waals surface area contributed by atoms with Crippen LogP contribution in [0.5, 0.6) is 0 Å². The Kier molecular flexibility index (Phi) is 4.85. The van der Waals surface area contributed by atoms with Crippen LogP contribution in [0.2, 0.25) is 0 Å². The third-order valence-corrected chi connectivity index (χ3v) is 4.32. The Bertz CT molecular complexity index is 700. The minimum Gasteiger partial charge on any atom is -0.460 e. The molecule has 0 unspecified atom stereocenters. The SMILES string of the molecule is C[C@H](NC(=O)[C@H](C)c1cc2ccccc2o1)C(=O)N1CCOCC1. The van der Waals surface area contributed by atoms with Crippen molar-refractivity contribution >= 4 is 22.8 Å². The van der Waals surface area contributed by atoms with Gasteiger partial charge in [-0.05, 0) is 26.0 Å². The summed E-state index contributed by atoms with van der Waals surface area (Å²) in [5.41, 5.74) is 0.754. The largest absolute Gasteiger partial charge is 0.460 e. The second-order valence-corrected chi connectivity index (χ2v) is 6.08. The van der Waals surface area contributed by atoms with Crippen LogP contribution in [0.15, 0.2) is 34.7 Å². The zero-order valence-corrected chi connectivity index (χ0v) is 14.0. The van der Waals surface area contributed by atoms with Crippen LogP contribution in [0.3, 0.4) is 0 Å². The normalized spacial score (nSPS) is 17.5. The maximum atomic E-state index is 12.5. The Morgan fingerprint density at radius 2 is 1.88 bits per heavy atom. The van der Waals surface area contributed by atoms with E-state index in [2.05, 4.69) is 5.32 Å². The summed E-state index contributed by atoms with van der Waals surface area (Å²) in [5.74, 6) is -0.163. The predicted molar refractivity (Wildman–Crippen MR) is 89.6 cm³/mol. The molecule has 24 heavy (non-hydrogen) atoms. The van der Waals surface area contributed by atoms with Crippen molar-refractivity contribution in [2.45, 2.75) is 25.8 Å². The number of carbonyl (C=O) groups excluding carboxylic acids is 2. The van der Waals surface area contributed by atoms with Crippen molar-refractivity contribution in [2.24, 2.45) is 0 Å². The van der Waals surface area contributed by atoms with E-state index in [1.54, 1.807) is 18.7 Å². The van der Waals surface area contributed by atoms with E-state index in [9.17, 15) is 9.59 Å². The fraction of sp³-hybridized carbons (Fsp3) is 0.444. The summed E-state index contributed by atoms with van der Waals surface area (Å²) in [4.78, 5) is 26.5. The average molecular weight is 330 g/mol. The number of ether oxygens (including phenoxy) is 1. The number of fused-ring (bicyclic) bond motifs is 1. The molecule has 3 rings (SSSR count). The number of hydrogen-bond donors (Lipinski definition) is 1. The van der Waals surface area contributed by atoms with Gasteiger partial charge in [-0.3, -0.25) is 9.59 Å². The molecule has 1 saturated heterocycles. The fourth-order valence-electron chi connectivity index (χ4n) is 2.80. The summed E-state index contributed by atoms with van der Waals surface area (Å²) in [6.45, 7) is 5.71. The topological polar surface area (TPSA) is 71.8 Å². The van der Waals surface area contributed by atoms with E-state index in [0.717, 1.165) is 11.0 Å². The lowest BCUT2D eigenvalue weighted by molar-refractivity contribution is -0.139. The fourth-order valence-corrected chi connectivity index (χ4v) is 2.80. The molecule has 1 aromatic heterocycles. The first kappa shape index (κ1) is 16.5. The van der Waals surface area contributed by atoms with Crippen LogP contribution in [-0.4, -0.2) is 49.1 Å². The number of para-hydroxylation sites is 1. The zero-order chi connectivity index (χ0) is 17.1. The van der Waals surface area contributed by atoms with Crippen LogP contribution in [0.1, 0.15) is 25.5 Å². The van der Waals surface area contributed by atoms with E-state index >= 15 is 0 Å². The second-order valence-electron chi connectivity index (χ2n) is 6.08. The predicted octanol–water partition coefficient (Wildman–Crippen LogP) is 1.90. The van der Waals surface area contributed by atoms with Gasteiger partial charge in [0, 0.05) is 18.5 Å². The highest BCUT2D eigenvalue weighted by Gasteiger charge is 2.26. The van der Waals surface area contributed by atoms with Gasteiger partial charge in [0.1, 0.15) is 17.4 Å². The molecule has 2 aromatic rings. The Morgan fingerprint density at radius 3 is 2.58 bits per heavy atom. The van der Waals surface area contributed by atoms with Crippen LogP contribution in [-0.2, 0) is 14.3 Å². The molecule has 0 saturated carbocycles. The summed E-state index contributed by atoms with van der Waals surface area (Å²) in [5, 5.41) is 3.75. The molecular weight excluding hydrogens is 308 g/mol. The van der Waals surface area contributed by atoms with Crippen LogP contribution >= 0.6 is 0 Å². The lowest BCUT2D eigenvalue weighted by atomic mass is 10.1. The highest BCUT2D eigenvalue weighted by atomic mass is 16.5. The molecule has 2 heterocycles. The molecule has 1 aliphatic rings. The van der Waals surface area contributed by atoms with E-state index in [1.807, 2.05) is 30.3 Å². The van der Waals surface area contributed by atoms with Gasteiger partial charge in [0.05, 0.1) is 19.1 Å². The van der Waals surface area contributed by atoms with Gasteiger partial charge in [-0.1, -0.05) is 18.2 Å². The molecular formula is C18H22N2O4. The van der Waals surface area contributed by atoms with Crippen molar-refractivity contribution < 1.29 is 18.7 Å². The number of amides is 2. The van der Waals surface area contributed by atoms with E-state index in [1.165, 1.54) is 0 Å². The van der Waals surface area contributed by atoms with E-state index in [4.69, 9.17) is 9.15 Å². The molecule has 6 nitrogen and oxygen atoms in total. The van der Waals surface area contributed by atoms with E-state index in [0.29, 0.717) is 32.1 Å². The molecule has 1 aromatic carbocycles. The second kappa shape index (κ2) is 7.05. The first-order valence-electron chi connectivity index (χ1n) is 8.21. The van der Waals surface area contributed by atoms with Crippen molar-refractivity contribution in [1.82, 2.24) is 10.2 Å². The molecule has 1 aliphatic heterocycles. The van der Waals surface area contributed by atoms with Gasteiger partial charge in [0.2, 0.25) is 11.8 Å². The zero-order valence-electron chi connectivity index (χ0n) is 14.0. The number of nitrogens with zero attached hydrogens (tertiary/aromatic N) is 1. The quantitative estimate of drug-likeness (QED) is 0.929. The summed E-state index contributed by atoms with van der Waals surface area (Å²) in [7, 11) is 0. The number of hydrogen-bond acceptors (Lipinski definition) is 4. The van der Waals surface area contributed by atoms with Crippen molar-refractivity contribution in [1.29, 1.82) is 0 Å². The van der Waals surface area contributed by atoms with Crippen LogP contribution in [0, 0.1) is 0 Å². The van der Waals surface area contributed by atoms with Crippen molar-refractivity contribution in [2.75, 3.05) is 26.3 Å². The molecule has 6 heteroatoms. The Morgan fingerprint density at radius 1 is 1.17 bits per heavy atom. The number of morpholine rings is 1. The minimum atomic E-state index is -0.567. The van der Waals surface area contributed by atoms with Crippen molar-refractivity contribution in [3.8, 4) is 0 Å². The maximum absolute atomic E-state index is 12.5.